The van der Waals surface area contributed by atoms with Gasteiger partial charge in [0, 0.05) is 66.4 Å². The van der Waals surface area contributed by atoms with Gasteiger partial charge in [-0.2, -0.15) is 5.26 Å². The number of aliphatic carboxylic acids is 1. The number of nitriles is 1. The summed E-state index contributed by atoms with van der Waals surface area (Å²) in [6.07, 6.45) is 8.75. The number of nitrogens with zero attached hydrogens (tertiary/aromatic N) is 3. The van der Waals surface area contributed by atoms with Gasteiger partial charge in [0.1, 0.15) is 42.1 Å². The summed E-state index contributed by atoms with van der Waals surface area (Å²) >= 11 is 6.78. The number of carboxylic acid groups (broad SMARTS) is 1. The Labute approximate surface area is 270 Å². The Morgan fingerprint density at radius 2 is 1.98 bits per heavy atom. The number of hydrogen-bond acceptors (Lipinski definition) is 7. The standard InChI is InChI=1S/C36H30ClFN4O4/c37-30-14-24(20-42-32(36(43)44)15-25-5-4-12-41-25)34(45-21-23-13-22(17-39)18-40-19-23)16-35(30)46-33-11-10-27-26(7-3-8-29(27)33)28-6-1-2-9-31(28)38/h1-3,5-9,12-14,16,18-19,32-33,42H,4,10-11,15,20-21H2,(H,43,44)/t32-,33-/m0/s1. The number of ether oxygens (including phenoxy) is 2. The lowest BCUT2D eigenvalue weighted by molar-refractivity contribution is -0.139. The Kier molecular flexibility index (Phi) is 9.38. The number of hydrogen-bond donors (Lipinski definition) is 2. The number of carbonyl (C=O) groups is 1. The van der Waals surface area contributed by atoms with E-state index in [2.05, 4.69) is 21.4 Å². The van der Waals surface area contributed by atoms with Gasteiger partial charge >= 0.3 is 5.97 Å². The van der Waals surface area contributed by atoms with Gasteiger partial charge in [-0.3, -0.25) is 20.1 Å². The summed E-state index contributed by atoms with van der Waals surface area (Å²) in [6, 6.07) is 18.9. The van der Waals surface area contributed by atoms with E-state index in [1.165, 1.54) is 12.3 Å². The van der Waals surface area contributed by atoms with E-state index in [1.54, 1.807) is 42.7 Å². The predicted octanol–water partition coefficient (Wildman–Crippen LogP) is 7.35. The highest BCUT2D eigenvalue weighted by Crippen LogP contribution is 2.43. The number of aromatic nitrogens is 1. The number of nitrogens with one attached hydrogen (secondary N) is 1. The second-order valence-electron chi connectivity index (χ2n) is 11.1. The van der Waals surface area contributed by atoms with Crippen LogP contribution in [0.3, 0.4) is 0 Å². The molecule has 1 aromatic heterocycles. The summed E-state index contributed by atoms with van der Waals surface area (Å²) in [6.45, 7) is 0.261. The third kappa shape index (κ3) is 6.94. The summed E-state index contributed by atoms with van der Waals surface area (Å²) in [5.41, 5.74) is 5.86. The van der Waals surface area contributed by atoms with Crippen LogP contribution in [0, 0.1) is 17.1 Å². The lowest BCUT2D eigenvalue weighted by atomic mass is 9.96. The van der Waals surface area contributed by atoms with Crippen LogP contribution in [-0.2, 0) is 24.4 Å². The third-order valence-corrected chi connectivity index (χ3v) is 8.34. The highest BCUT2D eigenvalue weighted by molar-refractivity contribution is 6.32. The van der Waals surface area contributed by atoms with E-state index in [9.17, 15) is 19.6 Å². The van der Waals surface area contributed by atoms with Crippen molar-refractivity contribution in [2.75, 3.05) is 0 Å². The fraction of sp³-hybridized carbons (Fsp3) is 0.222. The topological polar surface area (TPSA) is 117 Å². The van der Waals surface area contributed by atoms with Crippen LogP contribution in [-0.4, -0.2) is 28.3 Å². The zero-order valence-electron chi connectivity index (χ0n) is 24.7. The number of aliphatic imine (C=N–C) groups is 1. The molecule has 0 amide bonds. The molecule has 232 valence electrons. The molecule has 0 saturated carbocycles. The van der Waals surface area contributed by atoms with Crippen LogP contribution in [0.4, 0.5) is 4.39 Å². The largest absolute Gasteiger partial charge is 0.488 e. The molecule has 10 heteroatoms. The van der Waals surface area contributed by atoms with Gasteiger partial charge in [-0.15, -0.1) is 0 Å². The van der Waals surface area contributed by atoms with E-state index < -0.39 is 12.0 Å². The van der Waals surface area contributed by atoms with Crippen molar-refractivity contribution in [3.63, 3.8) is 0 Å². The first-order valence-electron chi connectivity index (χ1n) is 14.9. The first kappa shape index (κ1) is 31.0. The van der Waals surface area contributed by atoms with Gasteiger partial charge in [0.2, 0.25) is 0 Å². The molecule has 6 rings (SSSR count). The molecule has 3 aromatic carbocycles. The van der Waals surface area contributed by atoms with Gasteiger partial charge in [-0.25, -0.2) is 4.39 Å². The van der Waals surface area contributed by atoms with Crippen molar-refractivity contribution in [2.24, 2.45) is 4.99 Å². The molecule has 4 aromatic rings. The molecule has 1 aliphatic carbocycles. The van der Waals surface area contributed by atoms with E-state index in [1.807, 2.05) is 30.3 Å². The quantitative estimate of drug-likeness (QED) is 0.167. The minimum Gasteiger partial charge on any atom is -0.488 e. The highest BCUT2D eigenvalue weighted by Gasteiger charge is 2.28. The second-order valence-corrected chi connectivity index (χ2v) is 11.5. The van der Waals surface area contributed by atoms with E-state index >= 15 is 0 Å². The van der Waals surface area contributed by atoms with Gasteiger partial charge in [0.15, 0.2) is 0 Å². The molecule has 0 spiro atoms. The Balaban J connectivity index is 1.27. The smallest absolute Gasteiger partial charge is 0.321 e. The van der Waals surface area contributed by atoms with Crippen LogP contribution < -0.4 is 14.8 Å². The van der Waals surface area contributed by atoms with Gasteiger partial charge in [-0.1, -0.05) is 54.1 Å². The first-order valence-corrected chi connectivity index (χ1v) is 15.3. The lowest BCUT2D eigenvalue weighted by Crippen LogP contribution is -2.36. The van der Waals surface area contributed by atoms with Crippen LogP contribution in [0.5, 0.6) is 11.5 Å². The lowest BCUT2D eigenvalue weighted by Gasteiger charge is -2.21. The van der Waals surface area contributed by atoms with Crippen molar-refractivity contribution in [3.05, 3.63) is 123 Å². The Morgan fingerprint density at radius 1 is 1.13 bits per heavy atom. The third-order valence-electron chi connectivity index (χ3n) is 8.05. The van der Waals surface area contributed by atoms with Gasteiger partial charge in [-0.05, 0) is 47.7 Å². The number of halogens is 2. The summed E-state index contributed by atoms with van der Waals surface area (Å²) in [7, 11) is 0. The molecule has 2 N–H and O–H groups in total. The molecular weight excluding hydrogens is 607 g/mol. The van der Waals surface area contributed by atoms with Crippen LogP contribution in [0.15, 0.2) is 89.8 Å². The molecule has 8 nitrogen and oxygen atoms in total. The maximum atomic E-state index is 14.7. The number of benzene rings is 3. The van der Waals surface area contributed by atoms with Gasteiger partial charge in [0.25, 0.3) is 0 Å². The molecule has 2 heterocycles. The van der Waals surface area contributed by atoms with E-state index in [0.717, 1.165) is 22.4 Å². The van der Waals surface area contributed by atoms with Crippen molar-refractivity contribution < 1.29 is 23.8 Å². The molecule has 46 heavy (non-hydrogen) atoms. The minimum absolute atomic E-state index is 0.110. The molecular formula is C36H30ClFN4O4. The van der Waals surface area contributed by atoms with E-state index in [4.69, 9.17) is 21.1 Å². The molecule has 0 unspecified atom stereocenters. The van der Waals surface area contributed by atoms with Crippen LogP contribution in [0.25, 0.3) is 11.1 Å². The molecule has 2 atom stereocenters. The summed E-state index contributed by atoms with van der Waals surface area (Å²) in [5, 5.41) is 22.6. The number of carboxylic acids is 1. The number of fused-ring (bicyclic) bond motifs is 1. The maximum Gasteiger partial charge on any atom is 0.321 e. The van der Waals surface area contributed by atoms with E-state index in [-0.39, 0.29) is 31.5 Å². The highest BCUT2D eigenvalue weighted by atomic mass is 35.5. The summed E-state index contributed by atoms with van der Waals surface area (Å²) in [5.74, 6) is -0.429. The molecule has 2 aliphatic rings. The molecule has 0 fully saturated rings. The molecule has 0 bridgehead atoms. The Morgan fingerprint density at radius 3 is 2.76 bits per heavy atom. The molecule has 0 radical (unpaired) electrons. The van der Waals surface area contributed by atoms with Crippen molar-refractivity contribution in [1.29, 1.82) is 5.26 Å². The predicted molar refractivity (Wildman–Crippen MR) is 172 cm³/mol. The molecule has 0 saturated heterocycles. The van der Waals surface area contributed by atoms with Crippen molar-refractivity contribution in [2.45, 2.75) is 51.0 Å². The Bertz CT molecular complexity index is 1890. The minimum atomic E-state index is -0.995. The summed E-state index contributed by atoms with van der Waals surface area (Å²) < 4.78 is 27.4. The summed E-state index contributed by atoms with van der Waals surface area (Å²) in [4.78, 5) is 20.4. The number of allylic oxidation sites excluding steroid dienone is 1. The first-order chi connectivity index (χ1) is 22.4. The second kappa shape index (κ2) is 13.9. The van der Waals surface area contributed by atoms with Crippen LogP contribution in [0.2, 0.25) is 5.02 Å². The zero-order chi connectivity index (χ0) is 32.0. The van der Waals surface area contributed by atoms with Crippen molar-refractivity contribution >= 4 is 23.8 Å². The number of rotatable bonds is 12. The maximum absolute atomic E-state index is 14.7. The van der Waals surface area contributed by atoms with Gasteiger partial charge in [0.05, 0.1) is 10.6 Å². The zero-order valence-corrected chi connectivity index (χ0v) is 25.5. The Hall–Kier alpha value is -5.04. The van der Waals surface area contributed by atoms with Gasteiger partial charge < -0.3 is 14.6 Å². The van der Waals surface area contributed by atoms with Crippen molar-refractivity contribution in [1.82, 2.24) is 10.3 Å². The fourth-order valence-corrected chi connectivity index (χ4v) is 6.02. The SMILES string of the molecule is N#Cc1cncc(COc2cc(O[C@H]3CCc4c(-c5ccccc5F)cccc43)c(Cl)cc2CN[C@@H](CC2=CCC=N2)C(=O)O)c1. The van der Waals surface area contributed by atoms with Crippen molar-refractivity contribution in [3.8, 4) is 28.7 Å². The van der Waals surface area contributed by atoms with Crippen LogP contribution >= 0.6 is 11.6 Å². The van der Waals surface area contributed by atoms with E-state index in [0.29, 0.717) is 58.0 Å². The average molecular weight is 637 g/mol. The van der Waals surface area contributed by atoms with Crippen LogP contribution in [0.1, 0.15) is 53.2 Å². The monoisotopic (exact) mass is 636 g/mol. The number of pyridine rings is 1. The molecule has 1 aliphatic heterocycles. The normalized spacial score (nSPS) is 15.6. The average Bonchev–Trinajstić information content (AvgIpc) is 3.74. The fourth-order valence-electron chi connectivity index (χ4n) is 5.79.